The zero-order chi connectivity index (χ0) is 22.5. The number of nitrogens with one attached hydrogen (secondary N) is 1. The van der Waals surface area contributed by atoms with Gasteiger partial charge in [0.2, 0.25) is 5.91 Å². The number of pyridine rings is 1. The molecule has 162 valence electrons. The van der Waals surface area contributed by atoms with Crippen LogP contribution in [0.3, 0.4) is 0 Å². The van der Waals surface area contributed by atoms with Crippen LogP contribution in [0.25, 0.3) is 17.1 Å². The average molecular weight is 464 g/mol. The minimum Gasteiger partial charge on any atom is -0.349 e. The standard InChI is InChI=1S/C24H22ClN5OS/c1-16-20(25)9-6-10-21(16)30-23(19-11-13-26-14-12-19)28-29-24(30)32-15-22(31)27-17(2)18-7-4-3-5-8-18/h3-14,17H,15H2,1-2H3,(H,27,31). The van der Waals surface area contributed by atoms with Gasteiger partial charge in [-0.3, -0.25) is 14.3 Å². The molecular weight excluding hydrogens is 442 g/mol. The monoisotopic (exact) mass is 463 g/mol. The van der Waals surface area contributed by atoms with E-state index in [1.165, 1.54) is 11.8 Å². The van der Waals surface area contributed by atoms with E-state index in [1.54, 1.807) is 12.4 Å². The number of carbonyl (C=O) groups excluding carboxylic acids is 1. The third-order valence-electron chi connectivity index (χ3n) is 5.06. The first-order chi connectivity index (χ1) is 15.5. The van der Waals surface area contributed by atoms with Crippen molar-refractivity contribution in [2.75, 3.05) is 5.75 Å². The topological polar surface area (TPSA) is 72.7 Å². The molecule has 2 heterocycles. The number of aromatic nitrogens is 4. The molecule has 1 atom stereocenters. The minimum absolute atomic E-state index is 0.0748. The van der Waals surface area contributed by atoms with Crippen LogP contribution < -0.4 is 5.32 Å². The highest BCUT2D eigenvalue weighted by Crippen LogP contribution is 2.31. The fourth-order valence-electron chi connectivity index (χ4n) is 3.35. The molecule has 2 aromatic carbocycles. The van der Waals surface area contributed by atoms with Crippen molar-refractivity contribution in [1.29, 1.82) is 0 Å². The molecule has 0 bridgehead atoms. The molecule has 8 heteroatoms. The van der Waals surface area contributed by atoms with Gasteiger partial charge in [0, 0.05) is 23.0 Å². The molecule has 0 saturated heterocycles. The van der Waals surface area contributed by atoms with Crippen LogP contribution in [0.1, 0.15) is 24.1 Å². The summed E-state index contributed by atoms with van der Waals surface area (Å²) in [6.07, 6.45) is 3.43. The average Bonchev–Trinajstić information content (AvgIpc) is 3.24. The predicted molar refractivity (Wildman–Crippen MR) is 128 cm³/mol. The summed E-state index contributed by atoms with van der Waals surface area (Å²) in [4.78, 5) is 16.7. The highest BCUT2D eigenvalue weighted by Gasteiger charge is 2.19. The Morgan fingerprint density at radius 2 is 1.81 bits per heavy atom. The van der Waals surface area contributed by atoms with Crippen molar-refractivity contribution < 1.29 is 4.79 Å². The van der Waals surface area contributed by atoms with Crippen LogP contribution in [0.15, 0.2) is 78.2 Å². The van der Waals surface area contributed by atoms with E-state index < -0.39 is 0 Å². The Labute approximate surface area is 196 Å². The molecule has 0 aliphatic rings. The zero-order valence-electron chi connectivity index (χ0n) is 17.7. The molecule has 0 aliphatic heterocycles. The molecule has 0 saturated carbocycles. The summed E-state index contributed by atoms with van der Waals surface area (Å²) >= 11 is 7.73. The quantitative estimate of drug-likeness (QED) is 0.378. The largest absolute Gasteiger partial charge is 0.349 e. The number of thioether (sulfide) groups is 1. The molecule has 1 unspecified atom stereocenters. The van der Waals surface area contributed by atoms with Crippen LogP contribution in [0.5, 0.6) is 0 Å². The second kappa shape index (κ2) is 9.97. The Morgan fingerprint density at radius 1 is 1.06 bits per heavy atom. The third kappa shape index (κ3) is 4.84. The van der Waals surface area contributed by atoms with Gasteiger partial charge in [-0.25, -0.2) is 0 Å². The van der Waals surface area contributed by atoms with Gasteiger partial charge in [-0.15, -0.1) is 10.2 Å². The Morgan fingerprint density at radius 3 is 2.56 bits per heavy atom. The first-order valence-electron chi connectivity index (χ1n) is 10.1. The Bertz CT molecular complexity index is 1210. The van der Waals surface area contributed by atoms with Crippen LogP contribution in [0, 0.1) is 6.92 Å². The van der Waals surface area contributed by atoms with Gasteiger partial charge < -0.3 is 5.32 Å². The maximum Gasteiger partial charge on any atom is 0.230 e. The van der Waals surface area contributed by atoms with Crippen molar-refractivity contribution in [3.8, 4) is 17.1 Å². The molecule has 0 spiro atoms. The van der Waals surface area contributed by atoms with Gasteiger partial charge in [-0.1, -0.05) is 59.8 Å². The van der Waals surface area contributed by atoms with Crippen molar-refractivity contribution in [3.05, 3.63) is 89.2 Å². The van der Waals surface area contributed by atoms with E-state index in [4.69, 9.17) is 11.6 Å². The maximum atomic E-state index is 12.6. The highest BCUT2D eigenvalue weighted by atomic mass is 35.5. The summed E-state index contributed by atoms with van der Waals surface area (Å²) in [6.45, 7) is 3.92. The van der Waals surface area contributed by atoms with Crippen LogP contribution >= 0.6 is 23.4 Å². The van der Waals surface area contributed by atoms with E-state index in [2.05, 4.69) is 20.5 Å². The van der Waals surface area contributed by atoms with Gasteiger partial charge in [-0.2, -0.15) is 0 Å². The van der Waals surface area contributed by atoms with E-state index in [1.807, 2.05) is 79.1 Å². The van der Waals surface area contributed by atoms with Crippen molar-refractivity contribution in [2.45, 2.75) is 25.0 Å². The number of rotatable bonds is 7. The number of benzene rings is 2. The molecule has 1 N–H and O–H groups in total. The summed E-state index contributed by atoms with van der Waals surface area (Å²) in [6, 6.07) is 19.3. The van der Waals surface area contributed by atoms with Gasteiger partial charge in [0.1, 0.15) is 0 Å². The lowest BCUT2D eigenvalue weighted by Crippen LogP contribution is -2.28. The second-order valence-electron chi connectivity index (χ2n) is 7.25. The highest BCUT2D eigenvalue weighted by molar-refractivity contribution is 7.99. The lowest BCUT2D eigenvalue weighted by atomic mass is 10.1. The summed E-state index contributed by atoms with van der Waals surface area (Å²) in [7, 11) is 0. The molecule has 0 fully saturated rings. The van der Waals surface area contributed by atoms with E-state index in [0.29, 0.717) is 16.0 Å². The smallest absolute Gasteiger partial charge is 0.230 e. The molecule has 6 nitrogen and oxygen atoms in total. The first-order valence-corrected chi connectivity index (χ1v) is 11.5. The van der Waals surface area contributed by atoms with Gasteiger partial charge in [0.05, 0.1) is 17.5 Å². The predicted octanol–water partition coefficient (Wildman–Crippen LogP) is 5.26. The van der Waals surface area contributed by atoms with Gasteiger partial charge in [0.25, 0.3) is 0 Å². The second-order valence-corrected chi connectivity index (χ2v) is 8.60. The van der Waals surface area contributed by atoms with Crippen molar-refractivity contribution in [1.82, 2.24) is 25.1 Å². The van der Waals surface area contributed by atoms with Crippen molar-refractivity contribution in [3.63, 3.8) is 0 Å². The molecule has 0 aliphatic carbocycles. The fourth-order valence-corrected chi connectivity index (χ4v) is 4.27. The van der Waals surface area contributed by atoms with E-state index >= 15 is 0 Å². The number of halogens is 1. The molecular formula is C24H22ClN5OS. The molecule has 4 aromatic rings. The van der Waals surface area contributed by atoms with E-state index in [-0.39, 0.29) is 17.7 Å². The van der Waals surface area contributed by atoms with Crippen molar-refractivity contribution >= 4 is 29.3 Å². The van der Waals surface area contributed by atoms with Crippen LogP contribution in [0.2, 0.25) is 5.02 Å². The zero-order valence-corrected chi connectivity index (χ0v) is 19.3. The number of carbonyl (C=O) groups is 1. The number of hydrogen-bond acceptors (Lipinski definition) is 5. The van der Waals surface area contributed by atoms with Crippen LogP contribution in [-0.4, -0.2) is 31.4 Å². The van der Waals surface area contributed by atoms with Gasteiger partial charge >= 0.3 is 0 Å². The summed E-state index contributed by atoms with van der Waals surface area (Å²) in [5, 5.41) is 13.1. The molecule has 4 rings (SSSR count). The lowest BCUT2D eigenvalue weighted by molar-refractivity contribution is -0.119. The molecule has 1 amide bonds. The summed E-state index contributed by atoms with van der Waals surface area (Å²) < 4.78 is 1.94. The molecule has 2 aromatic heterocycles. The summed E-state index contributed by atoms with van der Waals surface area (Å²) in [5.41, 5.74) is 3.72. The molecule has 0 radical (unpaired) electrons. The van der Waals surface area contributed by atoms with Crippen molar-refractivity contribution in [2.24, 2.45) is 0 Å². The maximum absolute atomic E-state index is 12.6. The Hall–Kier alpha value is -3.16. The van der Waals surface area contributed by atoms with Gasteiger partial charge in [-0.05, 0) is 49.2 Å². The normalized spacial score (nSPS) is 11.8. The van der Waals surface area contributed by atoms with Crippen LogP contribution in [0.4, 0.5) is 0 Å². The number of nitrogens with zero attached hydrogens (tertiary/aromatic N) is 4. The summed E-state index contributed by atoms with van der Waals surface area (Å²) in [5.74, 6) is 0.804. The lowest BCUT2D eigenvalue weighted by Gasteiger charge is -2.15. The minimum atomic E-state index is -0.0790. The number of amides is 1. The first kappa shape index (κ1) is 22.0. The molecule has 32 heavy (non-hydrogen) atoms. The Balaban J connectivity index is 1.59. The Kier molecular flexibility index (Phi) is 6.87. The SMILES string of the molecule is Cc1c(Cl)cccc1-n1c(SCC(=O)NC(C)c2ccccc2)nnc1-c1ccncc1. The van der Waals surface area contributed by atoms with Gasteiger partial charge in [0.15, 0.2) is 11.0 Å². The van der Waals surface area contributed by atoms with E-state index in [9.17, 15) is 4.79 Å². The third-order valence-corrected chi connectivity index (χ3v) is 6.40. The fraction of sp³-hybridized carbons (Fsp3) is 0.167. The number of hydrogen-bond donors (Lipinski definition) is 1. The van der Waals surface area contributed by atoms with E-state index in [0.717, 1.165) is 22.4 Å². The van der Waals surface area contributed by atoms with Crippen LogP contribution in [-0.2, 0) is 4.79 Å².